The maximum Gasteiger partial charge on any atom is 0.306 e. The number of hydrogen-bond acceptors (Lipinski definition) is 6. The van der Waals surface area contributed by atoms with E-state index in [-0.39, 0.29) is 31.1 Å². The van der Waals surface area contributed by atoms with Crippen LogP contribution in [-0.2, 0) is 28.6 Å². The van der Waals surface area contributed by atoms with E-state index in [2.05, 4.69) is 93.7 Å². The molecule has 0 rings (SSSR count). The molecule has 0 aromatic heterocycles. The summed E-state index contributed by atoms with van der Waals surface area (Å²) in [7, 11) is 0. The highest BCUT2D eigenvalue weighted by Crippen LogP contribution is 2.17. The quantitative estimate of drug-likeness (QED) is 0.0261. The second-order valence-electron chi connectivity index (χ2n) is 21.6. The summed E-state index contributed by atoms with van der Waals surface area (Å²) in [6.45, 7) is 6.51. The van der Waals surface area contributed by atoms with E-state index in [4.69, 9.17) is 14.2 Å². The van der Waals surface area contributed by atoms with Crippen LogP contribution in [0.15, 0.2) is 72.9 Å². The highest BCUT2D eigenvalue weighted by atomic mass is 16.6. The molecular formula is C69H122O6. The average Bonchev–Trinajstić information content (AvgIpc) is 3.41. The van der Waals surface area contributed by atoms with E-state index in [9.17, 15) is 14.4 Å². The lowest BCUT2D eigenvalue weighted by Crippen LogP contribution is -2.30. The smallest absolute Gasteiger partial charge is 0.306 e. The largest absolute Gasteiger partial charge is 0.462 e. The van der Waals surface area contributed by atoms with Crippen molar-refractivity contribution in [3.05, 3.63) is 72.9 Å². The van der Waals surface area contributed by atoms with Crippen molar-refractivity contribution in [1.29, 1.82) is 0 Å². The predicted octanol–water partition coefficient (Wildman–Crippen LogP) is 22.1. The molecule has 0 radical (unpaired) electrons. The third-order valence-corrected chi connectivity index (χ3v) is 14.2. The molecule has 0 aromatic rings. The lowest BCUT2D eigenvalue weighted by molar-refractivity contribution is -0.167. The van der Waals surface area contributed by atoms with E-state index < -0.39 is 6.10 Å². The molecule has 0 aliphatic carbocycles. The summed E-state index contributed by atoms with van der Waals surface area (Å²) in [6, 6.07) is 0. The van der Waals surface area contributed by atoms with Gasteiger partial charge in [0.2, 0.25) is 0 Å². The molecule has 0 fully saturated rings. The fourth-order valence-corrected chi connectivity index (χ4v) is 9.35. The number of ether oxygens (including phenoxy) is 3. The fourth-order valence-electron chi connectivity index (χ4n) is 9.35. The van der Waals surface area contributed by atoms with Crippen molar-refractivity contribution in [2.24, 2.45) is 0 Å². The van der Waals surface area contributed by atoms with E-state index in [1.165, 1.54) is 193 Å². The highest BCUT2D eigenvalue weighted by Gasteiger charge is 2.19. The lowest BCUT2D eigenvalue weighted by atomic mass is 10.0. The molecule has 0 heterocycles. The van der Waals surface area contributed by atoms with Gasteiger partial charge in [0, 0.05) is 19.3 Å². The van der Waals surface area contributed by atoms with E-state index in [0.717, 1.165) is 96.3 Å². The molecule has 0 saturated heterocycles. The van der Waals surface area contributed by atoms with Crippen molar-refractivity contribution in [1.82, 2.24) is 0 Å². The summed E-state index contributed by atoms with van der Waals surface area (Å²) < 4.78 is 16.8. The monoisotopic (exact) mass is 1050 g/mol. The van der Waals surface area contributed by atoms with Crippen LogP contribution in [0.3, 0.4) is 0 Å². The molecule has 6 nitrogen and oxygen atoms in total. The Morgan fingerprint density at radius 1 is 0.280 bits per heavy atom. The molecule has 434 valence electrons. The molecule has 0 aliphatic rings. The zero-order valence-electron chi connectivity index (χ0n) is 49.8. The first-order valence-corrected chi connectivity index (χ1v) is 32.4. The molecule has 1 unspecified atom stereocenters. The zero-order valence-corrected chi connectivity index (χ0v) is 49.8. The lowest BCUT2D eigenvalue weighted by Gasteiger charge is -2.18. The van der Waals surface area contributed by atoms with Gasteiger partial charge < -0.3 is 14.2 Å². The Morgan fingerprint density at radius 3 is 0.827 bits per heavy atom. The van der Waals surface area contributed by atoms with Crippen LogP contribution in [0.5, 0.6) is 0 Å². The number of rotatable bonds is 59. The normalized spacial score (nSPS) is 12.5. The molecular weight excluding hydrogens is 925 g/mol. The van der Waals surface area contributed by atoms with Gasteiger partial charge in [0.05, 0.1) is 0 Å². The van der Waals surface area contributed by atoms with Crippen molar-refractivity contribution in [2.45, 2.75) is 335 Å². The average molecular weight is 1050 g/mol. The van der Waals surface area contributed by atoms with Crippen molar-refractivity contribution < 1.29 is 28.6 Å². The Labute approximate surface area is 465 Å². The standard InChI is InChI=1S/C69H122O6/c1-4-7-10-13-16-18-20-22-24-26-28-30-32-33-34-35-37-38-40-42-44-46-48-50-53-56-59-62-68(71)74-65-66(64-73-67(70)61-58-55-52-15-12-9-6-3)75-69(72)63-60-57-54-51-49-47-45-43-41-39-36-31-29-27-25-23-21-19-17-14-11-8-5-2/h8,11,17,19,23,25-26,28-29,31,39,41,66H,4-7,9-10,12-16,18,20-22,24,27,30,32-38,40,42-65H2,1-3H3/b11-8-,19-17-,25-23-,28-26-,31-29-,41-39-. The molecule has 0 aromatic carbocycles. The molecule has 0 saturated carbocycles. The SMILES string of the molecule is CC/C=C\C/C=C\C/C=C\C/C=C\C/C=C\CCCCCCCCCC(=O)OC(COC(=O)CCCCCCCCC)COC(=O)CCCCCCCCCCCCCCCCC/C=C\CCCCCCCCCC. The Hall–Kier alpha value is -3.15. The fraction of sp³-hybridized carbons (Fsp3) is 0.783. The van der Waals surface area contributed by atoms with Crippen LogP contribution >= 0.6 is 0 Å². The number of esters is 3. The van der Waals surface area contributed by atoms with E-state index in [1.807, 2.05) is 0 Å². The van der Waals surface area contributed by atoms with Gasteiger partial charge in [-0.3, -0.25) is 14.4 Å². The Bertz CT molecular complexity index is 1390. The van der Waals surface area contributed by atoms with Gasteiger partial charge in [-0.25, -0.2) is 0 Å². The minimum Gasteiger partial charge on any atom is -0.462 e. The Kier molecular flexibility index (Phi) is 60.7. The van der Waals surface area contributed by atoms with Gasteiger partial charge in [0.1, 0.15) is 13.2 Å². The first kappa shape index (κ1) is 71.8. The van der Waals surface area contributed by atoms with Gasteiger partial charge in [-0.1, -0.05) is 293 Å². The van der Waals surface area contributed by atoms with Gasteiger partial charge in [-0.05, 0) is 89.9 Å². The first-order valence-electron chi connectivity index (χ1n) is 32.4. The molecule has 0 bridgehead atoms. The number of carbonyl (C=O) groups excluding carboxylic acids is 3. The first-order chi connectivity index (χ1) is 37.0. The molecule has 0 N–H and O–H groups in total. The molecule has 0 spiro atoms. The van der Waals surface area contributed by atoms with E-state index >= 15 is 0 Å². The van der Waals surface area contributed by atoms with Gasteiger partial charge in [-0.15, -0.1) is 0 Å². The summed E-state index contributed by atoms with van der Waals surface area (Å²) in [5, 5.41) is 0. The maximum atomic E-state index is 12.9. The van der Waals surface area contributed by atoms with Gasteiger partial charge in [0.25, 0.3) is 0 Å². The van der Waals surface area contributed by atoms with E-state index in [1.54, 1.807) is 0 Å². The summed E-state index contributed by atoms with van der Waals surface area (Å²) in [6.07, 6.45) is 82.3. The third-order valence-electron chi connectivity index (χ3n) is 14.2. The minimum atomic E-state index is -0.779. The van der Waals surface area contributed by atoms with Gasteiger partial charge >= 0.3 is 17.9 Å². The van der Waals surface area contributed by atoms with Crippen molar-refractivity contribution >= 4 is 17.9 Å². The zero-order chi connectivity index (χ0) is 54.3. The van der Waals surface area contributed by atoms with E-state index in [0.29, 0.717) is 19.3 Å². The summed E-state index contributed by atoms with van der Waals surface area (Å²) in [5.41, 5.74) is 0. The van der Waals surface area contributed by atoms with Crippen LogP contribution < -0.4 is 0 Å². The topological polar surface area (TPSA) is 78.9 Å². The minimum absolute atomic E-state index is 0.0772. The maximum absolute atomic E-state index is 12.9. The number of allylic oxidation sites excluding steroid dienone is 12. The predicted molar refractivity (Wildman–Crippen MR) is 325 cm³/mol. The van der Waals surface area contributed by atoms with Crippen LogP contribution in [-0.4, -0.2) is 37.2 Å². The van der Waals surface area contributed by atoms with Crippen LogP contribution in [0.2, 0.25) is 0 Å². The summed E-state index contributed by atoms with van der Waals surface area (Å²) >= 11 is 0. The van der Waals surface area contributed by atoms with Crippen LogP contribution in [0.4, 0.5) is 0 Å². The van der Waals surface area contributed by atoms with Crippen molar-refractivity contribution in [3.8, 4) is 0 Å². The third kappa shape index (κ3) is 61.6. The molecule has 6 heteroatoms. The number of hydrogen-bond donors (Lipinski definition) is 0. The van der Waals surface area contributed by atoms with Gasteiger partial charge in [0.15, 0.2) is 6.10 Å². The number of unbranched alkanes of at least 4 members (excludes halogenated alkanes) is 36. The second-order valence-corrected chi connectivity index (χ2v) is 21.6. The Morgan fingerprint density at radius 2 is 0.520 bits per heavy atom. The van der Waals surface area contributed by atoms with Crippen LogP contribution in [0, 0.1) is 0 Å². The van der Waals surface area contributed by atoms with Crippen LogP contribution in [0.25, 0.3) is 0 Å². The van der Waals surface area contributed by atoms with Crippen molar-refractivity contribution in [2.75, 3.05) is 13.2 Å². The molecule has 1 atom stereocenters. The molecule has 75 heavy (non-hydrogen) atoms. The van der Waals surface area contributed by atoms with Crippen LogP contribution in [0.1, 0.15) is 329 Å². The molecule has 0 amide bonds. The highest BCUT2D eigenvalue weighted by molar-refractivity contribution is 5.71. The summed E-state index contributed by atoms with van der Waals surface area (Å²) in [4.78, 5) is 38.1. The van der Waals surface area contributed by atoms with Gasteiger partial charge in [-0.2, -0.15) is 0 Å². The second kappa shape index (κ2) is 63.4. The van der Waals surface area contributed by atoms with Crippen molar-refractivity contribution in [3.63, 3.8) is 0 Å². The Balaban J connectivity index is 4.12. The summed E-state index contributed by atoms with van der Waals surface area (Å²) in [5.74, 6) is -0.882. The molecule has 0 aliphatic heterocycles. The number of carbonyl (C=O) groups is 3.